The quantitative estimate of drug-likeness (QED) is 0.332. The molecule has 0 amide bonds. The Labute approximate surface area is 185 Å². The molecule has 2 aromatic carbocycles. The van der Waals surface area contributed by atoms with E-state index in [9.17, 15) is 27.0 Å². The second kappa shape index (κ2) is 10.7. The highest BCUT2D eigenvalue weighted by atomic mass is 32.2. The maximum atomic E-state index is 14.2. The van der Waals surface area contributed by atoms with E-state index in [0.717, 1.165) is 23.8 Å². The van der Waals surface area contributed by atoms with E-state index in [1.807, 2.05) is 30.3 Å². The third kappa shape index (κ3) is 8.75. The van der Waals surface area contributed by atoms with Gasteiger partial charge in [0, 0.05) is 5.56 Å². The molecule has 0 atom stereocenters. The number of hydrogen-bond acceptors (Lipinski definition) is 8. The molecule has 0 aliphatic carbocycles. The van der Waals surface area contributed by atoms with Crippen LogP contribution in [0.1, 0.15) is 29.8 Å². The van der Waals surface area contributed by atoms with Crippen molar-refractivity contribution in [3.63, 3.8) is 0 Å². The van der Waals surface area contributed by atoms with Crippen LogP contribution in [0.5, 0.6) is 5.75 Å². The Morgan fingerprint density at radius 2 is 1.78 bits per heavy atom. The van der Waals surface area contributed by atoms with Gasteiger partial charge in [0.1, 0.15) is 6.61 Å². The molecule has 0 N–H and O–H groups in total. The highest BCUT2D eigenvalue weighted by molar-refractivity contribution is 7.85. The minimum atomic E-state index is -4.53. The topological polar surface area (TPSA) is 119 Å². The van der Waals surface area contributed by atoms with Gasteiger partial charge in [-0.25, -0.2) is 22.4 Å². The Kier molecular flexibility index (Phi) is 8.34. The van der Waals surface area contributed by atoms with Gasteiger partial charge >= 0.3 is 11.9 Å². The van der Waals surface area contributed by atoms with E-state index in [1.54, 1.807) is 13.8 Å². The minimum absolute atomic E-state index is 0.0943. The molecule has 0 spiro atoms. The van der Waals surface area contributed by atoms with E-state index in [1.165, 1.54) is 0 Å². The first-order chi connectivity index (χ1) is 15.0. The van der Waals surface area contributed by atoms with Crippen molar-refractivity contribution in [2.45, 2.75) is 19.4 Å². The van der Waals surface area contributed by atoms with Crippen LogP contribution in [0.15, 0.2) is 48.5 Å². The van der Waals surface area contributed by atoms with Crippen LogP contribution in [0, 0.1) is 17.7 Å². The Balaban J connectivity index is 1.99. The third-order valence-electron chi connectivity index (χ3n) is 3.73. The van der Waals surface area contributed by atoms with Crippen molar-refractivity contribution in [2.24, 2.45) is 0 Å². The molecule has 0 aliphatic rings. The molecule has 0 aromatic heterocycles. The smallest absolute Gasteiger partial charge is 0.344 e. The molecule has 10 heteroatoms. The number of esters is 2. The molecule has 170 valence electrons. The molecule has 0 saturated carbocycles. The van der Waals surface area contributed by atoms with Crippen molar-refractivity contribution in [1.29, 1.82) is 0 Å². The van der Waals surface area contributed by atoms with Crippen molar-refractivity contribution in [2.75, 3.05) is 19.0 Å². The Morgan fingerprint density at radius 1 is 1.09 bits per heavy atom. The van der Waals surface area contributed by atoms with Crippen LogP contribution >= 0.6 is 0 Å². The molecule has 2 rings (SSSR count). The SMILES string of the molecule is CC(C)(C#Cc1ccccc1)Oc1cc(C(=O)OCC(=O)OCCS(=O)(=O)[O-])ccc1F. The fourth-order valence-electron chi connectivity index (χ4n) is 2.26. The van der Waals surface area contributed by atoms with Crippen LogP contribution in [0.2, 0.25) is 0 Å². The number of rotatable bonds is 8. The average Bonchev–Trinajstić information content (AvgIpc) is 2.72. The molecule has 2 aromatic rings. The maximum absolute atomic E-state index is 14.2. The molecule has 8 nitrogen and oxygen atoms in total. The van der Waals surface area contributed by atoms with Gasteiger partial charge in [0.15, 0.2) is 23.8 Å². The number of halogens is 1. The number of carbonyl (C=O) groups is 2. The number of hydrogen-bond donors (Lipinski definition) is 0. The fourth-order valence-corrected chi connectivity index (χ4v) is 2.55. The Hall–Kier alpha value is -3.42. The van der Waals surface area contributed by atoms with Gasteiger partial charge in [-0.2, -0.15) is 0 Å². The summed E-state index contributed by atoms with van der Waals surface area (Å²) in [5.41, 5.74) is -0.435. The second-order valence-electron chi connectivity index (χ2n) is 6.93. The summed E-state index contributed by atoms with van der Waals surface area (Å²) in [5, 5.41) is 0. The van der Waals surface area contributed by atoms with Gasteiger partial charge in [0.25, 0.3) is 0 Å². The molecule has 0 aliphatic heterocycles. The normalized spacial score (nSPS) is 11.1. The van der Waals surface area contributed by atoms with Gasteiger partial charge in [0.2, 0.25) is 0 Å². The van der Waals surface area contributed by atoms with Gasteiger partial charge in [-0.3, -0.25) is 0 Å². The van der Waals surface area contributed by atoms with Gasteiger partial charge in [-0.1, -0.05) is 30.0 Å². The zero-order valence-corrected chi connectivity index (χ0v) is 18.1. The van der Waals surface area contributed by atoms with Gasteiger partial charge in [-0.15, -0.1) is 0 Å². The molecular formula is C22H20FO8S-. The predicted molar refractivity (Wildman–Crippen MR) is 110 cm³/mol. The first kappa shape index (κ1) is 24.8. The van der Waals surface area contributed by atoms with E-state index in [0.29, 0.717) is 0 Å². The average molecular weight is 463 g/mol. The van der Waals surface area contributed by atoms with Gasteiger partial charge < -0.3 is 18.8 Å². The minimum Gasteiger partial charge on any atom is -0.748 e. The van der Waals surface area contributed by atoms with Crippen LogP contribution in [-0.4, -0.2) is 49.5 Å². The molecular weight excluding hydrogens is 443 g/mol. The maximum Gasteiger partial charge on any atom is 0.344 e. The molecule has 32 heavy (non-hydrogen) atoms. The zero-order chi connectivity index (χ0) is 23.8. The summed E-state index contributed by atoms with van der Waals surface area (Å²) in [6.45, 7) is 1.78. The highest BCUT2D eigenvalue weighted by Crippen LogP contribution is 2.24. The molecule has 0 bridgehead atoms. The van der Waals surface area contributed by atoms with Crippen molar-refractivity contribution < 1.29 is 41.2 Å². The van der Waals surface area contributed by atoms with E-state index in [-0.39, 0.29) is 11.3 Å². The molecule has 0 saturated heterocycles. The van der Waals surface area contributed by atoms with E-state index in [4.69, 9.17) is 9.47 Å². The summed E-state index contributed by atoms with van der Waals surface area (Å²) in [5.74, 6) is 1.94. The fraction of sp³-hybridized carbons (Fsp3) is 0.273. The first-order valence-corrected chi connectivity index (χ1v) is 10.9. The lowest BCUT2D eigenvalue weighted by atomic mass is 10.1. The lowest BCUT2D eigenvalue weighted by molar-refractivity contribution is -0.146. The Bertz CT molecular complexity index is 1130. The highest BCUT2D eigenvalue weighted by Gasteiger charge is 2.21. The lowest BCUT2D eigenvalue weighted by Crippen LogP contribution is -2.26. The molecule has 0 heterocycles. The largest absolute Gasteiger partial charge is 0.748 e. The molecule has 0 unspecified atom stereocenters. The van der Waals surface area contributed by atoms with E-state index in [2.05, 4.69) is 16.6 Å². The van der Waals surface area contributed by atoms with Crippen molar-refractivity contribution in [3.8, 4) is 17.6 Å². The first-order valence-electron chi connectivity index (χ1n) is 9.28. The van der Waals surface area contributed by atoms with E-state index < -0.39 is 52.4 Å². The summed E-state index contributed by atoms with van der Waals surface area (Å²) >= 11 is 0. The number of ether oxygens (including phenoxy) is 3. The summed E-state index contributed by atoms with van der Waals surface area (Å²) in [4.78, 5) is 23.6. The van der Waals surface area contributed by atoms with Crippen LogP contribution in [0.25, 0.3) is 0 Å². The van der Waals surface area contributed by atoms with Crippen LogP contribution in [0.3, 0.4) is 0 Å². The van der Waals surface area contributed by atoms with Crippen molar-refractivity contribution in [3.05, 3.63) is 65.5 Å². The predicted octanol–water partition coefficient (Wildman–Crippen LogP) is 2.28. The molecule has 0 radical (unpaired) electrons. The zero-order valence-electron chi connectivity index (χ0n) is 17.3. The summed E-state index contributed by atoms with van der Waals surface area (Å²) in [7, 11) is -4.53. The van der Waals surface area contributed by atoms with Crippen molar-refractivity contribution in [1.82, 2.24) is 0 Å². The monoisotopic (exact) mass is 463 g/mol. The standard InChI is InChI=1S/C22H21FO8S/c1-22(2,11-10-16-6-4-3-5-7-16)31-19-14-17(8-9-18(19)23)21(25)30-15-20(24)29-12-13-32(26,27)28/h3-9,14H,12-13,15H2,1-2H3,(H,26,27,28)/p-1. The van der Waals surface area contributed by atoms with Gasteiger partial charge in [-0.05, 0) is 44.2 Å². The summed E-state index contributed by atoms with van der Waals surface area (Å²) in [6, 6.07) is 12.4. The van der Waals surface area contributed by atoms with Crippen LogP contribution in [0.4, 0.5) is 4.39 Å². The lowest BCUT2D eigenvalue weighted by Gasteiger charge is -2.21. The second-order valence-corrected chi connectivity index (χ2v) is 8.46. The number of carbonyl (C=O) groups excluding carboxylic acids is 2. The van der Waals surface area contributed by atoms with Crippen molar-refractivity contribution >= 4 is 22.1 Å². The van der Waals surface area contributed by atoms with Gasteiger partial charge in [0.05, 0.1) is 21.4 Å². The van der Waals surface area contributed by atoms with E-state index >= 15 is 0 Å². The van der Waals surface area contributed by atoms with Crippen LogP contribution in [-0.2, 0) is 24.4 Å². The third-order valence-corrected chi connectivity index (χ3v) is 4.40. The molecule has 0 fully saturated rings. The summed E-state index contributed by atoms with van der Waals surface area (Å²) in [6.07, 6.45) is 0. The van der Waals surface area contributed by atoms with Crippen LogP contribution < -0.4 is 4.74 Å². The Morgan fingerprint density at radius 3 is 2.44 bits per heavy atom. The number of benzene rings is 2. The summed E-state index contributed by atoms with van der Waals surface area (Å²) < 4.78 is 60.4.